The molecular formula is C17H25ClN2O2. The van der Waals surface area contributed by atoms with Gasteiger partial charge in [0.15, 0.2) is 0 Å². The van der Waals surface area contributed by atoms with Crippen LogP contribution in [0.5, 0.6) is 0 Å². The van der Waals surface area contributed by atoms with Crippen LogP contribution in [-0.4, -0.2) is 28.8 Å². The van der Waals surface area contributed by atoms with Crippen molar-refractivity contribution in [3.8, 4) is 0 Å². The molecule has 0 aliphatic heterocycles. The number of nitrogens with one attached hydrogen (secondary N) is 1. The summed E-state index contributed by atoms with van der Waals surface area (Å²) in [7, 11) is 0. The zero-order valence-electron chi connectivity index (χ0n) is 13.7. The van der Waals surface area contributed by atoms with Crippen molar-refractivity contribution in [2.24, 2.45) is 0 Å². The molecule has 0 heterocycles. The van der Waals surface area contributed by atoms with Crippen molar-refractivity contribution < 1.29 is 9.59 Å². The van der Waals surface area contributed by atoms with E-state index in [1.165, 1.54) is 0 Å². The van der Waals surface area contributed by atoms with Gasteiger partial charge in [0.2, 0.25) is 11.8 Å². The Hall–Kier alpha value is -1.55. The molecular weight excluding hydrogens is 300 g/mol. The monoisotopic (exact) mass is 324 g/mol. The molecule has 1 aromatic rings. The van der Waals surface area contributed by atoms with Crippen LogP contribution in [-0.2, 0) is 16.1 Å². The van der Waals surface area contributed by atoms with Gasteiger partial charge in [0.25, 0.3) is 0 Å². The normalized spacial score (nSPS) is 12.1. The first kappa shape index (κ1) is 18.5. The highest BCUT2D eigenvalue weighted by Gasteiger charge is 2.25. The van der Waals surface area contributed by atoms with Gasteiger partial charge in [-0.15, -0.1) is 0 Å². The van der Waals surface area contributed by atoms with Gasteiger partial charge in [-0.25, -0.2) is 0 Å². The lowest BCUT2D eigenvalue weighted by molar-refractivity contribution is -0.140. The average molecular weight is 325 g/mol. The molecule has 1 N–H and O–H groups in total. The number of carbonyl (C=O) groups excluding carboxylic acids is 2. The molecule has 0 bridgehead atoms. The van der Waals surface area contributed by atoms with Gasteiger partial charge >= 0.3 is 0 Å². The molecule has 1 atom stereocenters. The van der Waals surface area contributed by atoms with Crippen LogP contribution >= 0.6 is 11.6 Å². The van der Waals surface area contributed by atoms with Gasteiger partial charge < -0.3 is 10.2 Å². The second-order valence-corrected chi connectivity index (χ2v) is 6.18. The molecule has 0 spiro atoms. The predicted octanol–water partition coefficient (Wildman–Crippen LogP) is 3.38. The van der Waals surface area contributed by atoms with Gasteiger partial charge in [0, 0.05) is 24.0 Å². The Morgan fingerprint density at radius 3 is 2.50 bits per heavy atom. The molecule has 1 rings (SSSR count). The summed E-state index contributed by atoms with van der Waals surface area (Å²) in [5, 5.41) is 3.48. The molecule has 22 heavy (non-hydrogen) atoms. The smallest absolute Gasteiger partial charge is 0.242 e. The fourth-order valence-electron chi connectivity index (χ4n) is 2.18. The maximum Gasteiger partial charge on any atom is 0.242 e. The van der Waals surface area contributed by atoms with E-state index in [9.17, 15) is 9.59 Å². The van der Waals surface area contributed by atoms with Crippen LogP contribution in [0.4, 0.5) is 0 Å². The summed E-state index contributed by atoms with van der Waals surface area (Å²) in [6, 6.07) is 6.90. The van der Waals surface area contributed by atoms with E-state index >= 15 is 0 Å². The van der Waals surface area contributed by atoms with Crippen LogP contribution in [0.2, 0.25) is 5.02 Å². The molecule has 2 amide bonds. The third kappa shape index (κ3) is 5.68. The predicted molar refractivity (Wildman–Crippen MR) is 89.7 cm³/mol. The molecule has 0 fully saturated rings. The SMILES string of the molecule is CCCC(=O)N(Cc1cccc(Cl)c1)[C@H](C)C(=O)NC(C)C. The van der Waals surface area contributed by atoms with Crippen LogP contribution in [0.3, 0.4) is 0 Å². The average Bonchev–Trinajstić information content (AvgIpc) is 2.43. The number of rotatable bonds is 7. The van der Waals surface area contributed by atoms with E-state index in [-0.39, 0.29) is 17.9 Å². The summed E-state index contributed by atoms with van der Waals surface area (Å²) >= 11 is 6.00. The van der Waals surface area contributed by atoms with Gasteiger partial charge in [-0.3, -0.25) is 9.59 Å². The largest absolute Gasteiger partial charge is 0.352 e. The molecule has 0 radical (unpaired) electrons. The molecule has 0 aromatic heterocycles. The highest BCUT2D eigenvalue weighted by Crippen LogP contribution is 2.15. The summed E-state index contributed by atoms with van der Waals surface area (Å²) in [5.41, 5.74) is 0.918. The van der Waals surface area contributed by atoms with Crippen molar-refractivity contribution in [1.29, 1.82) is 0 Å². The summed E-state index contributed by atoms with van der Waals surface area (Å²) in [4.78, 5) is 26.2. The lowest BCUT2D eigenvalue weighted by Gasteiger charge is -2.29. The first-order chi connectivity index (χ1) is 10.3. The minimum absolute atomic E-state index is 0.0196. The van der Waals surface area contributed by atoms with Gasteiger partial charge in [0.1, 0.15) is 6.04 Å². The number of benzene rings is 1. The lowest BCUT2D eigenvalue weighted by Crippen LogP contribution is -2.49. The van der Waals surface area contributed by atoms with Crippen molar-refractivity contribution in [3.05, 3.63) is 34.9 Å². The highest BCUT2D eigenvalue weighted by atomic mass is 35.5. The first-order valence-electron chi connectivity index (χ1n) is 7.69. The Kier molecular flexibility index (Phi) is 7.39. The fourth-order valence-corrected chi connectivity index (χ4v) is 2.39. The number of halogens is 1. The summed E-state index contributed by atoms with van der Waals surface area (Å²) in [6.45, 7) is 7.90. The van der Waals surface area contributed by atoms with Crippen molar-refractivity contribution in [2.45, 2.75) is 59.2 Å². The van der Waals surface area contributed by atoms with Crippen LogP contribution < -0.4 is 5.32 Å². The maximum absolute atomic E-state index is 12.4. The molecule has 5 heteroatoms. The van der Waals surface area contributed by atoms with Crippen molar-refractivity contribution >= 4 is 23.4 Å². The molecule has 4 nitrogen and oxygen atoms in total. The maximum atomic E-state index is 12.4. The number of carbonyl (C=O) groups is 2. The van der Waals surface area contributed by atoms with Gasteiger partial charge in [-0.2, -0.15) is 0 Å². The summed E-state index contributed by atoms with van der Waals surface area (Å²) < 4.78 is 0. The van der Waals surface area contributed by atoms with Gasteiger partial charge in [-0.05, 0) is 44.9 Å². The molecule has 0 unspecified atom stereocenters. The highest BCUT2D eigenvalue weighted by molar-refractivity contribution is 6.30. The number of amides is 2. The van der Waals surface area contributed by atoms with E-state index in [2.05, 4.69) is 5.32 Å². The van der Waals surface area contributed by atoms with Gasteiger partial charge in [0.05, 0.1) is 0 Å². The fraction of sp³-hybridized carbons (Fsp3) is 0.529. The third-order valence-corrected chi connectivity index (χ3v) is 3.54. The van der Waals surface area contributed by atoms with Crippen LogP contribution in [0.1, 0.15) is 46.1 Å². The molecule has 0 saturated heterocycles. The molecule has 1 aromatic carbocycles. The zero-order chi connectivity index (χ0) is 16.7. The summed E-state index contributed by atoms with van der Waals surface area (Å²) in [6.07, 6.45) is 1.18. The standard InChI is InChI=1S/C17H25ClN2O2/c1-5-7-16(21)20(13(4)17(22)19-12(2)3)11-14-8-6-9-15(18)10-14/h6,8-10,12-13H,5,7,11H2,1-4H3,(H,19,22)/t13-/m1/s1. The number of hydrogen-bond acceptors (Lipinski definition) is 2. The lowest BCUT2D eigenvalue weighted by atomic mass is 10.1. The van der Waals surface area contributed by atoms with E-state index in [4.69, 9.17) is 11.6 Å². The third-order valence-electron chi connectivity index (χ3n) is 3.30. The van der Waals surface area contributed by atoms with Crippen LogP contribution in [0, 0.1) is 0 Å². The van der Waals surface area contributed by atoms with Crippen LogP contribution in [0.25, 0.3) is 0 Å². The van der Waals surface area contributed by atoms with Crippen molar-refractivity contribution in [3.63, 3.8) is 0 Å². The van der Waals surface area contributed by atoms with Crippen molar-refractivity contribution in [2.75, 3.05) is 0 Å². The van der Waals surface area contributed by atoms with E-state index in [0.717, 1.165) is 12.0 Å². The Bertz CT molecular complexity index is 517. The molecule has 122 valence electrons. The molecule has 0 aliphatic rings. The Balaban J connectivity index is 2.92. The second-order valence-electron chi connectivity index (χ2n) is 5.74. The van der Waals surface area contributed by atoms with Crippen molar-refractivity contribution in [1.82, 2.24) is 10.2 Å². The summed E-state index contributed by atoms with van der Waals surface area (Å²) in [5.74, 6) is -0.157. The van der Waals surface area contributed by atoms with E-state index in [0.29, 0.717) is 18.0 Å². The zero-order valence-corrected chi connectivity index (χ0v) is 14.5. The Labute approximate surface area is 137 Å². The number of hydrogen-bond donors (Lipinski definition) is 1. The topological polar surface area (TPSA) is 49.4 Å². The quantitative estimate of drug-likeness (QED) is 0.836. The molecule has 0 saturated carbocycles. The minimum Gasteiger partial charge on any atom is -0.352 e. The Morgan fingerprint density at radius 1 is 1.27 bits per heavy atom. The first-order valence-corrected chi connectivity index (χ1v) is 8.07. The van der Waals surface area contributed by atoms with Crippen LogP contribution in [0.15, 0.2) is 24.3 Å². The van der Waals surface area contributed by atoms with E-state index in [1.54, 1.807) is 17.9 Å². The second kappa shape index (κ2) is 8.79. The molecule has 0 aliphatic carbocycles. The van der Waals surface area contributed by atoms with Gasteiger partial charge in [-0.1, -0.05) is 30.7 Å². The van der Waals surface area contributed by atoms with E-state index in [1.807, 2.05) is 39.0 Å². The number of nitrogens with zero attached hydrogens (tertiary/aromatic N) is 1. The van der Waals surface area contributed by atoms with E-state index < -0.39 is 6.04 Å². The minimum atomic E-state index is -0.513. The Morgan fingerprint density at radius 2 is 1.95 bits per heavy atom.